The number of carbonyl (C=O) groups excluding carboxylic acids is 1. The van der Waals surface area contributed by atoms with Gasteiger partial charge in [0.15, 0.2) is 0 Å². The number of nitrogens with zero attached hydrogens (tertiary/aromatic N) is 1. The van der Waals surface area contributed by atoms with Crippen LogP contribution >= 0.6 is 0 Å². The lowest BCUT2D eigenvalue weighted by Gasteiger charge is -2.21. The molecule has 1 aromatic rings. The highest BCUT2D eigenvalue weighted by molar-refractivity contribution is 5.97. The molecular formula is C15H22N2O2. The first-order valence-corrected chi connectivity index (χ1v) is 6.89. The second kappa shape index (κ2) is 6.06. The van der Waals surface area contributed by atoms with Crippen LogP contribution in [0.1, 0.15) is 35.7 Å². The van der Waals surface area contributed by atoms with E-state index >= 15 is 0 Å². The van der Waals surface area contributed by atoms with E-state index in [0.717, 1.165) is 25.2 Å². The van der Waals surface area contributed by atoms with Gasteiger partial charge in [-0.25, -0.2) is 0 Å². The fourth-order valence-electron chi connectivity index (χ4n) is 2.53. The van der Waals surface area contributed by atoms with E-state index in [9.17, 15) is 9.90 Å². The molecule has 1 heterocycles. The third-order valence-electron chi connectivity index (χ3n) is 3.50. The first-order chi connectivity index (χ1) is 9.06. The van der Waals surface area contributed by atoms with Gasteiger partial charge in [0.25, 0.3) is 5.91 Å². The molecule has 1 aromatic carbocycles. The zero-order valence-corrected chi connectivity index (χ0v) is 11.6. The van der Waals surface area contributed by atoms with Crippen LogP contribution in [-0.2, 0) is 0 Å². The van der Waals surface area contributed by atoms with Crippen molar-refractivity contribution >= 4 is 5.91 Å². The summed E-state index contributed by atoms with van der Waals surface area (Å²) in [4.78, 5) is 14.5. The Hall–Kier alpha value is -1.55. The second-order valence-corrected chi connectivity index (χ2v) is 5.40. The zero-order chi connectivity index (χ0) is 13.8. The Morgan fingerprint density at radius 3 is 2.79 bits per heavy atom. The number of likely N-dealkylation sites (tertiary alicyclic amines) is 1. The zero-order valence-electron chi connectivity index (χ0n) is 11.6. The van der Waals surface area contributed by atoms with Crippen LogP contribution in [-0.4, -0.2) is 41.6 Å². The predicted octanol–water partition coefficient (Wildman–Crippen LogP) is 1.91. The van der Waals surface area contributed by atoms with E-state index < -0.39 is 0 Å². The molecule has 0 aromatic heterocycles. The molecular weight excluding hydrogens is 240 g/mol. The molecule has 1 aliphatic heterocycles. The number of aromatic hydroxyl groups is 1. The van der Waals surface area contributed by atoms with Crippen molar-refractivity contribution in [2.75, 3.05) is 19.6 Å². The molecule has 4 heteroatoms. The third kappa shape index (κ3) is 3.70. The topological polar surface area (TPSA) is 52.6 Å². The van der Waals surface area contributed by atoms with Crippen LogP contribution in [0.5, 0.6) is 5.75 Å². The molecule has 1 saturated heterocycles. The molecule has 2 rings (SSSR count). The number of carbonyl (C=O) groups is 1. The van der Waals surface area contributed by atoms with E-state index in [1.807, 2.05) is 13.8 Å². The van der Waals surface area contributed by atoms with E-state index in [4.69, 9.17) is 0 Å². The molecule has 0 aliphatic carbocycles. The number of hydrogen-bond donors (Lipinski definition) is 2. The van der Waals surface area contributed by atoms with Gasteiger partial charge < -0.3 is 15.3 Å². The maximum Gasteiger partial charge on any atom is 0.255 e. The van der Waals surface area contributed by atoms with Crippen LogP contribution in [0.3, 0.4) is 0 Å². The van der Waals surface area contributed by atoms with Gasteiger partial charge in [0, 0.05) is 12.6 Å². The van der Waals surface area contributed by atoms with Crippen molar-refractivity contribution in [3.8, 4) is 5.75 Å². The Kier molecular flexibility index (Phi) is 4.43. The Bertz CT molecular complexity index is 453. The molecule has 1 fully saturated rings. The van der Waals surface area contributed by atoms with Crippen molar-refractivity contribution in [1.82, 2.24) is 10.2 Å². The van der Waals surface area contributed by atoms with Crippen molar-refractivity contribution in [3.63, 3.8) is 0 Å². The predicted molar refractivity (Wildman–Crippen MR) is 75.4 cm³/mol. The molecule has 2 N–H and O–H groups in total. The minimum absolute atomic E-state index is 0.0384. The van der Waals surface area contributed by atoms with Gasteiger partial charge in [-0.05, 0) is 51.9 Å². The number of rotatable bonds is 4. The number of hydrogen-bond acceptors (Lipinski definition) is 3. The molecule has 0 saturated carbocycles. The fraction of sp³-hybridized carbons (Fsp3) is 0.533. The van der Waals surface area contributed by atoms with Crippen LogP contribution in [0.4, 0.5) is 0 Å². The Balaban J connectivity index is 1.94. The van der Waals surface area contributed by atoms with Gasteiger partial charge in [0.05, 0.1) is 5.56 Å². The summed E-state index contributed by atoms with van der Waals surface area (Å²) >= 11 is 0. The van der Waals surface area contributed by atoms with Gasteiger partial charge in [-0.15, -0.1) is 0 Å². The van der Waals surface area contributed by atoms with E-state index in [1.54, 1.807) is 18.2 Å². The SMILES string of the molecule is Cc1ccc(O)c(C(=O)NC(C)CN2CCCC2)c1. The van der Waals surface area contributed by atoms with Crippen LogP contribution in [0.2, 0.25) is 0 Å². The highest BCUT2D eigenvalue weighted by Crippen LogP contribution is 2.18. The first kappa shape index (κ1) is 13.9. The highest BCUT2D eigenvalue weighted by atomic mass is 16.3. The number of phenols is 1. The van der Waals surface area contributed by atoms with Crippen molar-refractivity contribution in [3.05, 3.63) is 29.3 Å². The molecule has 0 radical (unpaired) electrons. The molecule has 1 aliphatic rings. The van der Waals surface area contributed by atoms with Crippen molar-refractivity contribution in [1.29, 1.82) is 0 Å². The standard InChI is InChI=1S/C15H22N2O2/c1-11-5-6-14(18)13(9-11)15(19)16-12(2)10-17-7-3-4-8-17/h5-6,9,12,18H,3-4,7-8,10H2,1-2H3,(H,16,19). The van der Waals surface area contributed by atoms with Gasteiger partial charge >= 0.3 is 0 Å². The molecule has 1 atom stereocenters. The largest absolute Gasteiger partial charge is 0.507 e. The van der Waals surface area contributed by atoms with Crippen LogP contribution < -0.4 is 5.32 Å². The lowest BCUT2D eigenvalue weighted by atomic mass is 10.1. The first-order valence-electron chi connectivity index (χ1n) is 6.89. The van der Waals surface area contributed by atoms with E-state index in [-0.39, 0.29) is 17.7 Å². The maximum atomic E-state index is 12.1. The summed E-state index contributed by atoms with van der Waals surface area (Å²) < 4.78 is 0. The van der Waals surface area contributed by atoms with Gasteiger partial charge in [-0.1, -0.05) is 11.6 Å². The summed E-state index contributed by atoms with van der Waals surface area (Å²) in [5.41, 5.74) is 1.32. The van der Waals surface area contributed by atoms with E-state index in [0.29, 0.717) is 5.56 Å². The normalized spacial score (nSPS) is 17.4. The molecule has 0 spiro atoms. The minimum atomic E-state index is -0.201. The monoisotopic (exact) mass is 262 g/mol. The van der Waals surface area contributed by atoms with Crippen molar-refractivity contribution in [2.45, 2.75) is 32.7 Å². The fourth-order valence-corrected chi connectivity index (χ4v) is 2.53. The van der Waals surface area contributed by atoms with Crippen LogP contribution in [0, 0.1) is 6.92 Å². The number of phenolic OH excluding ortho intramolecular Hbond substituents is 1. The lowest BCUT2D eigenvalue weighted by Crippen LogP contribution is -2.41. The van der Waals surface area contributed by atoms with Crippen LogP contribution in [0.15, 0.2) is 18.2 Å². The summed E-state index contributed by atoms with van der Waals surface area (Å²) in [7, 11) is 0. The van der Waals surface area contributed by atoms with Crippen LogP contribution in [0.25, 0.3) is 0 Å². The second-order valence-electron chi connectivity index (χ2n) is 5.40. The molecule has 1 amide bonds. The summed E-state index contributed by atoms with van der Waals surface area (Å²) in [5, 5.41) is 12.7. The molecule has 1 unspecified atom stereocenters. The molecule has 0 bridgehead atoms. The molecule has 19 heavy (non-hydrogen) atoms. The van der Waals surface area contributed by atoms with E-state index in [1.165, 1.54) is 12.8 Å². The average Bonchev–Trinajstić information content (AvgIpc) is 2.84. The Labute approximate surface area is 114 Å². The number of aryl methyl sites for hydroxylation is 1. The molecule has 104 valence electrons. The summed E-state index contributed by atoms with van der Waals surface area (Å²) in [6, 6.07) is 5.16. The Morgan fingerprint density at radius 1 is 1.42 bits per heavy atom. The highest BCUT2D eigenvalue weighted by Gasteiger charge is 2.18. The van der Waals surface area contributed by atoms with Gasteiger partial charge in [0.1, 0.15) is 5.75 Å². The summed E-state index contributed by atoms with van der Waals surface area (Å²) in [6.45, 7) is 7.02. The summed E-state index contributed by atoms with van der Waals surface area (Å²) in [5.74, 6) is -0.163. The van der Waals surface area contributed by atoms with E-state index in [2.05, 4.69) is 10.2 Å². The smallest absolute Gasteiger partial charge is 0.255 e. The number of amides is 1. The Morgan fingerprint density at radius 2 is 2.11 bits per heavy atom. The van der Waals surface area contributed by atoms with Gasteiger partial charge in [-0.2, -0.15) is 0 Å². The van der Waals surface area contributed by atoms with Crippen molar-refractivity contribution in [2.24, 2.45) is 0 Å². The average molecular weight is 262 g/mol. The van der Waals surface area contributed by atoms with Crippen molar-refractivity contribution < 1.29 is 9.90 Å². The number of benzene rings is 1. The maximum absolute atomic E-state index is 12.1. The van der Waals surface area contributed by atoms with Gasteiger partial charge in [-0.3, -0.25) is 4.79 Å². The summed E-state index contributed by atoms with van der Waals surface area (Å²) in [6.07, 6.45) is 2.50. The minimum Gasteiger partial charge on any atom is -0.507 e. The lowest BCUT2D eigenvalue weighted by molar-refractivity contribution is 0.0929. The quantitative estimate of drug-likeness (QED) is 0.871. The molecule has 4 nitrogen and oxygen atoms in total. The van der Waals surface area contributed by atoms with Gasteiger partial charge in [0.2, 0.25) is 0 Å². The number of nitrogens with one attached hydrogen (secondary N) is 1. The third-order valence-corrected chi connectivity index (χ3v) is 3.50.